The van der Waals surface area contributed by atoms with Crippen LogP contribution in [0.3, 0.4) is 0 Å². The van der Waals surface area contributed by atoms with Gasteiger partial charge in [0.1, 0.15) is 5.82 Å². The molecule has 1 heterocycles. The van der Waals surface area contributed by atoms with Gasteiger partial charge >= 0.3 is 0 Å². The topological polar surface area (TPSA) is 54.7 Å². The maximum atomic E-state index is 5.84. The van der Waals surface area contributed by atoms with Crippen LogP contribution in [0.1, 0.15) is 16.7 Å². The fourth-order valence-electron chi connectivity index (χ4n) is 1.50. The van der Waals surface area contributed by atoms with Gasteiger partial charge in [-0.2, -0.15) is 0 Å². The molecule has 0 aliphatic carbocycles. The number of benzene rings is 1. The third-order valence-corrected chi connectivity index (χ3v) is 2.65. The predicted octanol–water partition coefficient (Wildman–Crippen LogP) is 2.62. The van der Waals surface area contributed by atoms with Crippen LogP contribution in [0.2, 0.25) is 0 Å². The lowest BCUT2D eigenvalue weighted by atomic mass is 10.1. The van der Waals surface area contributed by atoms with Gasteiger partial charge in [0.2, 0.25) is 0 Å². The standard InChI is InChI=1S/C12H13N3S/c1-8-2-4-9(5-3-8)6-10-7-14-12(16)15-11(10)13/h2-5,7H,6H2,1H3,(H3,13,14,15,16). The van der Waals surface area contributed by atoms with Crippen molar-refractivity contribution in [1.29, 1.82) is 0 Å². The Kier molecular flexibility index (Phi) is 3.01. The van der Waals surface area contributed by atoms with E-state index in [-0.39, 0.29) is 0 Å². The summed E-state index contributed by atoms with van der Waals surface area (Å²) in [5.74, 6) is 0.598. The lowest BCUT2D eigenvalue weighted by molar-refractivity contribution is 1.06. The van der Waals surface area contributed by atoms with Crippen LogP contribution in [0.5, 0.6) is 0 Å². The molecule has 1 aromatic heterocycles. The van der Waals surface area contributed by atoms with Gasteiger partial charge in [0.05, 0.1) is 0 Å². The van der Waals surface area contributed by atoms with E-state index < -0.39 is 0 Å². The maximum absolute atomic E-state index is 5.84. The molecule has 0 bridgehead atoms. The Morgan fingerprint density at radius 1 is 1.31 bits per heavy atom. The Hall–Kier alpha value is -1.68. The average molecular weight is 231 g/mol. The van der Waals surface area contributed by atoms with Gasteiger partial charge in [0, 0.05) is 18.2 Å². The molecule has 0 spiro atoms. The summed E-state index contributed by atoms with van der Waals surface area (Å²) < 4.78 is 0.421. The molecule has 0 atom stereocenters. The summed E-state index contributed by atoms with van der Waals surface area (Å²) >= 11 is 4.89. The summed E-state index contributed by atoms with van der Waals surface area (Å²) in [4.78, 5) is 6.88. The summed E-state index contributed by atoms with van der Waals surface area (Å²) in [6, 6.07) is 8.36. The van der Waals surface area contributed by atoms with Crippen LogP contribution in [0.25, 0.3) is 0 Å². The van der Waals surface area contributed by atoms with E-state index in [0.717, 1.165) is 12.0 Å². The van der Waals surface area contributed by atoms with E-state index in [0.29, 0.717) is 10.6 Å². The highest BCUT2D eigenvalue weighted by Gasteiger charge is 2.01. The van der Waals surface area contributed by atoms with E-state index in [4.69, 9.17) is 18.0 Å². The van der Waals surface area contributed by atoms with Crippen LogP contribution in [-0.2, 0) is 6.42 Å². The van der Waals surface area contributed by atoms with Gasteiger partial charge in [-0.25, -0.2) is 4.98 Å². The lowest BCUT2D eigenvalue weighted by Crippen LogP contribution is -2.00. The zero-order chi connectivity index (χ0) is 11.5. The molecule has 4 heteroatoms. The van der Waals surface area contributed by atoms with E-state index in [9.17, 15) is 0 Å². The zero-order valence-corrected chi connectivity index (χ0v) is 9.84. The van der Waals surface area contributed by atoms with Crippen molar-refractivity contribution in [3.63, 3.8) is 0 Å². The lowest BCUT2D eigenvalue weighted by Gasteiger charge is -2.05. The minimum Gasteiger partial charge on any atom is -0.385 e. The largest absolute Gasteiger partial charge is 0.385 e. The number of aryl methyl sites for hydroxylation is 1. The van der Waals surface area contributed by atoms with E-state index in [1.165, 1.54) is 11.1 Å². The Labute approximate surface area is 99.4 Å². The van der Waals surface area contributed by atoms with Crippen LogP contribution in [0.4, 0.5) is 5.82 Å². The van der Waals surface area contributed by atoms with Crippen molar-refractivity contribution in [1.82, 2.24) is 9.97 Å². The summed E-state index contributed by atoms with van der Waals surface area (Å²) in [6.45, 7) is 2.07. The molecule has 0 fully saturated rings. The first kappa shape index (κ1) is 10.8. The molecule has 0 aliphatic heterocycles. The maximum Gasteiger partial charge on any atom is 0.198 e. The van der Waals surface area contributed by atoms with Gasteiger partial charge in [-0.3, -0.25) is 0 Å². The molecule has 0 saturated heterocycles. The molecule has 1 aromatic carbocycles. The van der Waals surface area contributed by atoms with E-state index in [1.54, 1.807) is 6.20 Å². The second kappa shape index (κ2) is 4.45. The van der Waals surface area contributed by atoms with Crippen molar-refractivity contribution in [3.8, 4) is 0 Å². The highest BCUT2D eigenvalue weighted by Crippen LogP contribution is 2.13. The highest BCUT2D eigenvalue weighted by molar-refractivity contribution is 7.71. The van der Waals surface area contributed by atoms with Crippen LogP contribution in [-0.4, -0.2) is 9.97 Å². The number of nitrogens with two attached hydrogens (primary N) is 1. The highest BCUT2D eigenvalue weighted by atomic mass is 32.1. The van der Waals surface area contributed by atoms with Crippen molar-refractivity contribution in [2.24, 2.45) is 0 Å². The van der Waals surface area contributed by atoms with Crippen LogP contribution >= 0.6 is 12.2 Å². The van der Waals surface area contributed by atoms with Crippen molar-refractivity contribution in [3.05, 3.63) is 51.9 Å². The van der Waals surface area contributed by atoms with Crippen molar-refractivity contribution < 1.29 is 0 Å². The predicted molar refractivity (Wildman–Crippen MR) is 67.8 cm³/mol. The molecule has 0 saturated carbocycles. The monoisotopic (exact) mass is 231 g/mol. The zero-order valence-electron chi connectivity index (χ0n) is 9.03. The molecule has 3 nitrogen and oxygen atoms in total. The second-order valence-corrected chi connectivity index (χ2v) is 4.18. The number of hydrogen-bond acceptors (Lipinski definition) is 3. The van der Waals surface area contributed by atoms with Gasteiger partial charge in [0.15, 0.2) is 4.77 Å². The molecule has 3 N–H and O–H groups in total. The van der Waals surface area contributed by atoms with Crippen molar-refractivity contribution in [2.45, 2.75) is 13.3 Å². The number of nitrogens with zero attached hydrogens (tertiary/aromatic N) is 1. The minimum absolute atomic E-state index is 0.421. The first-order valence-corrected chi connectivity index (χ1v) is 5.45. The fourth-order valence-corrected chi connectivity index (χ4v) is 1.66. The van der Waals surface area contributed by atoms with Crippen LogP contribution < -0.4 is 5.73 Å². The number of rotatable bonds is 2. The third-order valence-electron chi connectivity index (χ3n) is 2.44. The van der Waals surface area contributed by atoms with Crippen molar-refractivity contribution >= 4 is 18.0 Å². The number of nitrogens with one attached hydrogen (secondary N) is 1. The van der Waals surface area contributed by atoms with Gasteiger partial charge in [0.25, 0.3) is 0 Å². The Bertz CT molecular complexity index is 543. The summed E-state index contributed by atoms with van der Waals surface area (Å²) in [6.07, 6.45) is 2.50. The molecule has 0 radical (unpaired) electrons. The summed E-state index contributed by atoms with van der Waals surface area (Å²) in [7, 11) is 0. The number of hydrogen-bond donors (Lipinski definition) is 2. The summed E-state index contributed by atoms with van der Waals surface area (Å²) in [5.41, 5.74) is 9.27. The van der Waals surface area contributed by atoms with E-state index in [2.05, 4.69) is 41.2 Å². The number of aromatic nitrogens is 2. The molecule has 16 heavy (non-hydrogen) atoms. The minimum atomic E-state index is 0.421. The molecule has 0 aliphatic rings. The van der Waals surface area contributed by atoms with E-state index >= 15 is 0 Å². The Balaban J connectivity index is 2.27. The Morgan fingerprint density at radius 3 is 2.62 bits per heavy atom. The van der Waals surface area contributed by atoms with Gasteiger partial charge in [-0.15, -0.1) is 0 Å². The molecule has 0 unspecified atom stereocenters. The first-order valence-electron chi connectivity index (χ1n) is 5.04. The van der Waals surface area contributed by atoms with Crippen LogP contribution in [0.15, 0.2) is 30.5 Å². The number of anilines is 1. The molecular formula is C12H13N3S. The van der Waals surface area contributed by atoms with Gasteiger partial charge < -0.3 is 10.7 Å². The Morgan fingerprint density at radius 2 is 2.00 bits per heavy atom. The number of nitrogen functional groups attached to an aromatic ring is 1. The quantitative estimate of drug-likeness (QED) is 0.781. The van der Waals surface area contributed by atoms with Crippen molar-refractivity contribution in [2.75, 3.05) is 5.73 Å². The molecule has 2 aromatic rings. The first-order chi connectivity index (χ1) is 7.65. The smallest absolute Gasteiger partial charge is 0.198 e. The third kappa shape index (κ3) is 2.46. The second-order valence-electron chi connectivity index (χ2n) is 3.79. The summed E-state index contributed by atoms with van der Waals surface area (Å²) in [5, 5.41) is 0. The van der Waals surface area contributed by atoms with E-state index in [1.807, 2.05) is 0 Å². The molecule has 2 rings (SSSR count). The van der Waals surface area contributed by atoms with Gasteiger partial charge in [-0.05, 0) is 24.7 Å². The average Bonchev–Trinajstić information content (AvgIpc) is 2.25. The SMILES string of the molecule is Cc1ccc(Cc2cnc(=S)[nH]c2N)cc1. The van der Waals surface area contributed by atoms with Gasteiger partial charge in [-0.1, -0.05) is 29.8 Å². The molecular weight excluding hydrogens is 218 g/mol. The molecule has 0 amide bonds. The van der Waals surface area contributed by atoms with Crippen LogP contribution in [0, 0.1) is 11.7 Å². The fraction of sp³-hybridized carbons (Fsp3) is 0.167. The number of H-pyrrole nitrogens is 1. The molecule has 82 valence electrons. The number of aromatic amines is 1. The normalized spacial score (nSPS) is 10.3.